The van der Waals surface area contributed by atoms with Crippen LogP contribution in [-0.4, -0.2) is 56.9 Å². The average molecular weight is 711 g/mol. The molecule has 3 amide bonds. The van der Waals surface area contributed by atoms with Crippen molar-refractivity contribution in [3.05, 3.63) is 113 Å². The van der Waals surface area contributed by atoms with E-state index in [1.165, 1.54) is 50.5 Å². The number of hydrogen-bond acceptors (Lipinski definition) is 10. The molecule has 0 saturated heterocycles. The van der Waals surface area contributed by atoms with E-state index in [1.807, 2.05) is 35.7 Å². The molecule has 0 fully saturated rings. The van der Waals surface area contributed by atoms with E-state index in [1.54, 1.807) is 67.8 Å². The molecular formula is C37H34N4O7S2. The molecule has 3 N–H and O–H groups in total. The first-order chi connectivity index (χ1) is 24.3. The maximum Gasteiger partial charge on any atom is 0.272 e. The van der Waals surface area contributed by atoms with Gasteiger partial charge < -0.3 is 34.9 Å². The van der Waals surface area contributed by atoms with Gasteiger partial charge in [-0.3, -0.25) is 14.4 Å². The van der Waals surface area contributed by atoms with Gasteiger partial charge in [0.05, 0.1) is 39.9 Å². The van der Waals surface area contributed by atoms with Crippen molar-refractivity contribution in [1.82, 2.24) is 10.3 Å². The average Bonchev–Trinajstić information content (AvgIpc) is 3.61. The minimum atomic E-state index is -0.583. The molecule has 1 aromatic heterocycles. The third kappa shape index (κ3) is 9.01. The fourth-order valence-electron chi connectivity index (χ4n) is 4.74. The van der Waals surface area contributed by atoms with Gasteiger partial charge in [-0.15, -0.1) is 23.1 Å². The molecule has 0 aliphatic rings. The van der Waals surface area contributed by atoms with Crippen LogP contribution < -0.4 is 34.9 Å². The number of hydrogen-bond donors (Lipinski definition) is 3. The number of ether oxygens (including phenoxy) is 4. The van der Waals surface area contributed by atoms with Crippen LogP contribution in [0.15, 0.2) is 107 Å². The third-order valence-corrected chi connectivity index (χ3v) is 8.91. The molecule has 0 spiro atoms. The number of carbonyl (C=O) groups is 3. The summed E-state index contributed by atoms with van der Waals surface area (Å²) < 4.78 is 21.8. The highest BCUT2D eigenvalue weighted by Gasteiger charge is 2.19. The van der Waals surface area contributed by atoms with Crippen molar-refractivity contribution in [1.29, 1.82) is 0 Å². The number of thiazole rings is 1. The molecule has 5 aromatic rings. The normalized spacial score (nSPS) is 10.9. The minimum absolute atomic E-state index is 0.0438. The van der Waals surface area contributed by atoms with Crippen LogP contribution in [0.4, 0.5) is 10.8 Å². The topological polar surface area (TPSA) is 137 Å². The Morgan fingerprint density at radius 3 is 2.20 bits per heavy atom. The van der Waals surface area contributed by atoms with Gasteiger partial charge in [0.15, 0.2) is 16.6 Å². The predicted molar refractivity (Wildman–Crippen MR) is 197 cm³/mol. The molecule has 1 heterocycles. The number of thioether (sulfide) groups is 1. The molecule has 0 radical (unpaired) electrons. The molecule has 4 aromatic carbocycles. The van der Waals surface area contributed by atoms with Gasteiger partial charge in [-0.1, -0.05) is 36.4 Å². The van der Waals surface area contributed by atoms with Gasteiger partial charge >= 0.3 is 0 Å². The van der Waals surface area contributed by atoms with E-state index in [0.717, 1.165) is 10.5 Å². The summed E-state index contributed by atoms with van der Waals surface area (Å²) in [5, 5.41) is 10.8. The first-order valence-electron chi connectivity index (χ1n) is 15.1. The van der Waals surface area contributed by atoms with Crippen molar-refractivity contribution < 1.29 is 33.3 Å². The molecule has 0 aliphatic carbocycles. The molecule has 0 unspecified atom stereocenters. The summed E-state index contributed by atoms with van der Waals surface area (Å²) in [7, 11) is 6.09. The number of aromatic nitrogens is 1. The number of nitrogens with zero attached hydrogens (tertiary/aromatic N) is 1. The summed E-state index contributed by atoms with van der Waals surface area (Å²) in [5.41, 5.74) is 2.79. The number of methoxy groups -OCH3 is 4. The number of para-hydroxylation sites is 1. The highest BCUT2D eigenvalue weighted by Crippen LogP contribution is 2.36. The number of nitrogens with one attached hydrogen (secondary N) is 3. The molecular weight excluding hydrogens is 677 g/mol. The summed E-state index contributed by atoms with van der Waals surface area (Å²) in [6, 6.07) is 26.4. The van der Waals surface area contributed by atoms with Crippen molar-refractivity contribution in [2.24, 2.45) is 0 Å². The highest BCUT2D eigenvalue weighted by molar-refractivity contribution is 8.00. The van der Waals surface area contributed by atoms with Crippen molar-refractivity contribution in [3.8, 4) is 34.3 Å². The van der Waals surface area contributed by atoms with Crippen LogP contribution in [0.1, 0.15) is 15.9 Å². The fraction of sp³-hybridized carbons (Fsp3) is 0.135. The first-order valence-corrected chi connectivity index (χ1v) is 17.0. The molecule has 0 atom stereocenters. The summed E-state index contributed by atoms with van der Waals surface area (Å²) in [6.45, 7) is 0. The van der Waals surface area contributed by atoms with E-state index in [9.17, 15) is 14.4 Å². The molecule has 256 valence electrons. The van der Waals surface area contributed by atoms with E-state index in [-0.39, 0.29) is 17.4 Å². The lowest BCUT2D eigenvalue weighted by molar-refractivity contribution is -0.114. The Labute approximate surface area is 297 Å². The molecule has 5 rings (SSSR count). The Balaban J connectivity index is 1.29. The van der Waals surface area contributed by atoms with Crippen LogP contribution in [0.2, 0.25) is 0 Å². The van der Waals surface area contributed by atoms with Gasteiger partial charge in [0.2, 0.25) is 5.91 Å². The smallest absolute Gasteiger partial charge is 0.272 e. The van der Waals surface area contributed by atoms with E-state index in [4.69, 9.17) is 18.9 Å². The lowest BCUT2D eigenvalue weighted by atomic mass is 10.1. The number of carbonyl (C=O) groups excluding carboxylic acids is 3. The standard InChI is InChI=1S/C37H34N4O7S2/c1-45-30-16-9-8-15-27(30)29-21-50-37(40-29)41-34(42)22-49-26-14-10-13-25(19-26)38-36(44)28(39-35(43)23-11-6-5-7-12-23)17-24-18-32(47-3)33(48-4)20-31(24)46-2/h5-21H,22H2,1-4H3,(H,38,44)(H,39,43)(H,40,41,42)/b28-17+. The van der Waals surface area contributed by atoms with Crippen molar-refractivity contribution in [2.45, 2.75) is 4.90 Å². The lowest BCUT2D eigenvalue weighted by Crippen LogP contribution is -2.30. The predicted octanol–water partition coefficient (Wildman–Crippen LogP) is 6.98. The van der Waals surface area contributed by atoms with E-state index in [0.29, 0.717) is 50.6 Å². The van der Waals surface area contributed by atoms with E-state index < -0.39 is 11.8 Å². The van der Waals surface area contributed by atoms with Crippen LogP contribution in [0, 0.1) is 0 Å². The van der Waals surface area contributed by atoms with Crippen molar-refractivity contribution in [2.75, 3.05) is 44.8 Å². The monoisotopic (exact) mass is 710 g/mol. The third-order valence-electron chi connectivity index (χ3n) is 7.16. The van der Waals surface area contributed by atoms with Gasteiger partial charge in [-0.2, -0.15) is 0 Å². The second-order valence-electron chi connectivity index (χ2n) is 10.4. The van der Waals surface area contributed by atoms with E-state index in [2.05, 4.69) is 20.9 Å². The summed E-state index contributed by atoms with van der Waals surface area (Å²) in [4.78, 5) is 45.0. The van der Waals surface area contributed by atoms with Gasteiger partial charge in [-0.25, -0.2) is 4.98 Å². The van der Waals surface area contributed by atoms with Crippen LogP contribution in [0.25, 0.3) is 17.3 Å². The van der Waals surface area contributed by atoms with Gasteiger partial charge in [-0.05, 0) is 54.6 Å². The molecule has 0 saturated carbocycles. The van der Waals surface area contributed by atoms with Crippen molar-refractivity contribution in [3.63, 3.8) is 0 Å². The van der Waals surface area contributed by atoms with Gasteiger partial charge in [0, 0.05) is 38.7 Å². The van der Waals surface area contributed by atoms with Gasteiger partial charge in [0.1, 0.15) is 17.2 Å². The zero-order chi connectivity index (χ0) is 35.5. The summed E-state index contributed by atoms with van der Waals surface area (Å²) >= 11 is 2.62. The lowest BCUT2D eigenvalue weighted by Gasteiger charge is -2.15. The Hall–Kier alpha value is -5.79. The Bertz CT molecular complexity index is 2010. The maximum atomic E-state index is 13.7. The SMILES string of the molecule is COc1cc(OC)c(OC)cc1/C=C(/NC(=O)c1ccccc1)C(=O)Nc1cccc(SCC(=O)Nc2nc(-c3ccccc3OC)cs2)c1. The summed E-state index contributed by atoms with van der Waals surface area (Å²) in [5.74, 6) is 0.758. The number of rotatable bonds is 14. The maximum absolute atomic E-state index is 13.7. The minimum Gasteiger partial charge on any atom is -0.496 e. The fourth-order valence-corrected chi connectivity index (χ4v) is 6.22. The van der Waals surface area contributed by atoms with Crippen LogP contribution in [0.5, 0.6) is 23.0 Å². The van der Waals surface area contributed by atoms with Gasteiger partial charge in [0.25, 0.3) is 11.8 Å². The molecule has 0 aliphatic heterocycles. The van der Waals surface area contributed by atoms with Crippen LogP contribution in [-0.2, 0) is 9.59 Å². The Kier molecular flexibility index (Phi) is 12.1. The highest BCUT2D eigenvalue weighted by atomic mass is 32.2. The zero-order valence-electron chi connectivity index (χ0n) is 27.6. The Morgan fingerprint density at radius 1 is 0.760 bits per heavy atom. The molecule has 11 nitrogen and oxygen atoms in total. The van der Waals surface area contributed by atoms with Crippen molar-refractivity contribution >= 4 is 57.7 Å². The molecule has 50 heavy (non-hydrogen) atoms. The number of benzene rings is 4. The molecule has 13 heteroatoms. The zero-order valence-corrected chi connectivity index (χ0v) is 29.3. The second-order valence-corrected chi connectivity index (χ2v) is 12.3. The van der Waals surface area contributed by atoms with Crippen LogP contribution >= 0.6 is 23.1 Å². The molecule has 0 bridgehead atoms. The van der Waals surface area contributed by atoms with E-state index >= 15 is 0 Å². The number of amides is 3. The summed E-state index contributed by atoms with van der Waals surface area (Å²) in [6.07, 6.45) is 1.50. The second kappa shape index (κ2) is 17.0. The largest absolute Gasteiger partial charge is 0.496 e. The quantitative estimate of drug-likeness (QED) is 0.0823. The first kappa shape index (κ1) is 35.5. The van der Waals surface area contributed by atoms with Crippen LogP contribution in [0.3, 0.4) is 0 Å². The Morgan fingerprint density at radius 2 is 1.46 bits per heavy atom. The number of anilines is 2.